The number of rotatable bonds is 6. The first kappa shape index (κ1) is 21.5. The number of carbonyl (C=O) groups is 2. The topological polar surface area (TPSA) is 77.8 Å². The molecule has 0 aliphatic rings. The quantitative estimate of drug-likeness (QED) is 0.371. The highest BCUT2D eigenvalue weighted by Crippen LogP contribution is 2.33. The van der Waals surface area contributed by atoms with Crippen molar-refractivity contribution in [2.24, 2.45) is 0 Å². The number of hydrogen-bond donors (Lipinski definition) is 1. The van der Waals surface area contributed by atoms with E-state index in [9.17, 15) is 9.59 Å². The van der Waals surface area contributed by atoms with Crippen molar-refractivity contribution in [1.82, 2.24) is 0 Å². The molecule has 6 nitrogen and oxygen atoms in total. The summed E-state index contributed by atoms with van der Waals surface area (Å²) in [6, 6.07) is 16.9. The first-order valence-electron chi connectivity index (χ1n) is 9.78. The largest absolute Gasteiger partial charge is 0.497 e. The molecule has 4 aromatic rings. The van der Waals surface area contributed by atoms with Crippen molar-refractivity contribution < 1.29 is 23.5 Å². The molecular formula is C25H20ClNO5. The molecule has 0 aliphatic heterocycles. The van der Waals surface area contributed by atoms with Gasteiger partial charge < -0.3 is 19.2 Å². The average molecular weight is 450 g/mol. The minimum Gasteiger partial charge on any atom is -0.497 e. The lowest BCUT2D eigenvalue weighted by atomic mass is 10.0. The van der Waals surface area contributed by atoms with E-state index in [0.29, 0.717) is 44.5 Å². The molecule has 0 bridgehead atoms. The maximum absolute atomic E-state index is 13.3. The lowest BCUT2D eigenvalue weighted by Crippen LogP contribution is -2.11. The summed E-state index contributed by atoms with van der Waals surface area (Å²) in [4.78, 5) is 25.8. The summed E-state index contributed by atoms with van der Waals surface area (Å²) in [6.45, 7) is 1.80. The summed E-state index contributed by atoms with van der Waals surface area (Å²) in [5.74, 6) is 0.549. The van der Waals surface area contributed by atoms with Gasteiger partial charge in [0, 0.05) is 27.2 Å². The Bertz CT molecular complexity index is 1340. The fourth-order valence-electron chi connectivity index (χ4n) is 3.46. The molecule has 162 valence electrons. The normalized spacial score (nSPS) is 10.8. The average Bonchev–Trinajstić information content (AvgIpc) is 3.14. The molecule has 0 saturated carbocycles. The smallest absolute Gasteiger partial charge is 0.255 e. The van der Waals surface area contributed by atoms with E-state index in [1.807, 2.05) is 0 Å². The lowest BCUT2D eigenvalue weighted by Gasteiger charge is -2.09. The van der Waals surface area contributed by atoms with Crippen LogP contribution in [-0.4, -0.2) is 25.9 Å². The molecule has 1 aromatic heterocycles. The van der Waals surface area contributed by atoms with E-state index in [2.05, 4.69) is 5.32 Å². The second kappa shape index (κ2) is 8.77. The van der Waals surface area contributed by atoms with E-state index in [-0.39, 0.29) is 17.5 Å². The zero-order chi connectivity index (χ0) is 22.8. The Hall–Kier alpha value is -3.77. The second-order valence-electron chi connectivity index (χ2n) is 7.13. The van der Waals surface area contributed by atoms with Crippen molar-refractivity contribution in [2.45, 2.75) is 6.92 Å². The van der Waals surface area contributed by atoms with Crippen LogP contribution in [-0.2, 0) is 0 Å². The fraction of sp³-hybridized carbons (Fsp3) is 0.120. The van der Waals surface area contributed by atoms with Gasteiger partial charge >= 0.3 is 0 Å². The molecular weight excluding hydrogens is 430 g/mol. The van der Waals surface area contributed by atoms with Gasteiger partial charge in [-0.25, -0.2) is 0 Å². The number of fused-ring (bicyclic) bond motifs is 1. The van der Waals surface area contributed by atoms with Gasteiger partial charge in [-0.1, -0.05) is 17.7 Å². The van der Waals surface area contributed by atoms with Gasteiger partial charge in [-0.2, -0.15) is 0 Å². The zero-order valence-corrected chi connectivity index (χ0v) is 18.4. The van der Waals surface area contributed by atoms with Crippen molar-refractivity contribution in [3.8, 4) is 11.5 Å². The van der Waals surface area contributed by atoms with Crippen LogP contribution in [0.3, 0.4) is 0 Å². The number of ketones is 1. The molecule has 0 fully saturated rings. The van der Waals surface area contributed by atoms with Gasteiger partial charge in [0.1, 0.15) is 17.1 Å². The van der Waals surface area contributed by atoms with Crippen molar-refractivity contribution in [2.75, 3.05) is 19.5 Å². The van der Waals surface area contributed by atoms with E-state index < -0.39 is 0 Å². The summed E-state index contributed by atoms with van der Waals surface area (Å²) in [7, 11) is 3.03. The Morgan fingerprint density at radius 3 is 2.50 bits per heavy atom. The standard InChI is InChI=1S/C25H20ClNO5/c1-14-19-12-17(27-25(29)15-5-4-6-16(26)11-15)7-9-22(19)32-24(14)23(28)20-13-18(30-2)8-10-21(20)31-3/h4-13H,1-3H3,(H,27,29). The SMILES string of the molecule is COc1ccc(OC)c(C(=O)c2oc3ccc(NC(=O)c4cccc(Cl)c4)cc3c2C)c1. The molecule has 0 saturated heterocycles. The van der Waals surface area contributed by atoms with Gasteiger partial charge in [-0.3, -0.25) is 9.59 Å². The van der Waals surface area contributed by atoms with Crippen LogP contribution in [0.15, 0.2) is 65.1 Å². The summed E-state index contributed by atoms with van der Waals surface area (Å²) >= 11 is 5.97. The molecule has 4 rings (SSSR count). The molecule has 7 heteroatoms. The Morgan fingerprint density at radius 1 is 0.969 bits per heavy atom. The molecule has 1 heterocycles. The van der Waals surface area contributed by atoms with Gasteiger partial charge in [0.25, 0.3) is 5.91 Å². The highest BCUT2D eigenvalue weighted by atomic mass is 35.5. The van der Waals surface area contributed by atoms with E-state index in [0.717, 1.165) is 5.39 Å². The molecule has 1 amide bonds. The number of methoxy groups -OCH3 is 2. The van der Waals surface area contributed by atoms with Crippen molar-refractivity contribution in [3.05, 3.63) is 88.1 Å². The molecule has 0 unspecified atom stereocenters. The van der Waals surface area contributed by atoms with Crippen LogP contribution in [0.25, 0.3) is 11.0 Å². The van der Waals surface area contributed by atoms with Crippen LogP contribution >= 0.6 is 11.6 Å². The Kier molecular flexibility index (Phi) is 5.88. The van der Waals surface area contributed by atoms with E-state index in [4.69, 9.17) is 25.5 Å². The zero-order valence-electron chi connectivity index (χ0n) is 17.7. The fourth-order valence-corrected chi connectivity index (χ4v) is 3.65. The van der Waals surface area contributed by atoms with Crippen LogP contribution in [0.5, 0.6) is 11.5 Å². The van der Waals surface area contributed by atoms with Crippen LogP contribution in [0, 0.1) is 6.92 Å². The van der Waals surface area contributed by atoms with Gasteiger partial charge in [0.05, 0.1) is 19.8 Å². The van der Waals surface area contributed by atoms with Crippen molar-refractivity contribution in [3.63, 3.8) is 0 Å². The minimum atomic E-state index is -0.320. The lowest BCUT2D eigenvalue weighted by molar-refractivity contribution is 0.100. The molecule has 1 N–H and O–H groups in total. The number of aryl methyl sites for hydroxylation is 1. The van der Waals surface area contributed by atoms with Gasteiger partial charge in [0.15, 0.2) is 5.76 Å². The van der Waals surface area contributed by atoms with E-state index in [1.165, 1.54) is 14.2 Å². The maximum Gasteiger partial charge on any atom is 0.255 e. The summed E-state index contributed by atoms with van der Waals surface area (Å²) in [6.07, 6.45) is 0. The minimum absolute atomic E-state index is 0.199. The van der Waals surface area contributed by atoms with Gasteiger partial charge in [-0.15, -0.1) is 0 Å². The van der Waals surface area contributed by atoms with Crippen LogP contribution < -0.4 is 14.8 Å². The number of anilines is 1. The molecule has 0 spiro atoms. The Morgan fingerprint density at radius 2 is 1.78 bits per heavy atom. The predicted octanol–water partition coefficient (Wildman–Crippen LogP) is 5.90. The maximum atomic E-state index is 13.3. The van der Waals surface area contributed by atoms with Gasteiger partial charge in [-0.05, 0) is 61.5 Å². The number of halogens is 1. The van der Waals surface area contributed by atoms with E-state index in [1.54, 1.807) is 67.6 Å². The first-order valence-corrected chi connectivity index (χ1v) is 10.2. The third kappa shape index (κ3) is 4.05. The van der Waals surface area contributed by atoms with E-state index >= 15 is 0 Å². The number of ether oxygens (including phenoxy) is 2. The highest BCUT2D eigenvalue weighted by Gasteiger charge is 2.23. The number of nitrogens with one attached hydrogen (secondary N) is 1. The monoisotopic (exact) mass is 449 g/mol. The number of carbonyl (C=O) groups excluding carboxylic acids is 2. The Balaban J connectivity index is 1.68. The van der Waals surface area contributed by atoms with Crippen LogP contribution in [0.2, 0.25) is 5.02 Å². The number of furan rings is 1. The number of benzene rings is 3. The molecule has 0 atom stereocenters. The van der Waals surface area contributed by atoms with Crippen LogP contribution in [0.4, 0.5) is 5.69 Å². The van der Waals surface area contributed by atoms with Crippen molar-refractivity contribution in [1.29, 1.82) is 0 Å². The molecule has 0 radical (unpaired) electrons. The number of hydrogen-bond acceptors (Lipinski definition) is 5. The Labute approximate surface area is 189 Å². The number of amides is 1. The summed E-state index contributed by atoms with van der Waals surface area (Å²) < 4.78 is 16.5. The summed E-state index contributed by atoms with van der Waals surface area (Å²) in [5.41, 5.74) is 2.55. The predicted molar refractivity (Wildman–Crippen MR) is 123 cm³/mol. The third-order valence-electron chi connectivity index (χ3n) is 5.14. The molecule has 32 heavy (non-hydrogen) atoms. The molecule has 0 aliphatic carbocycles. The summed E-state index contributed by atoms with van der Waals surface area (Å²) in [5, 5.41) is 4.05. The van der Waals surface area contributed by atoms with Crippen molar-refractivity contribution >= 4 is 39.9 Å². The third-order valence-corrected chi connectivity index (χ3v) is 5.37. The first-order chi connectivity index (χ1) is 15.4. The van der Waals surface area contributed by atoms with Gasteiger partial charge in [0.2, 0.25) is 5.78 Å². The highest BCUT2D eigenvalue weighted by molar-refractivity contribution is 6.31. The van der Waals surface area contributed by atoms with Crippen LogP contribution in [0.1, 0.15) is 32.0 Å². The molecule has 3 aromatic carbocycles. The second-order valence-corrected chi connectivity index (χ2v) is 7.56.